The Morgan fingerprint density at radius 1 is 1.29 bits per heavy atom. The van der Waals surface area contributed by atoms with Gasteiger partial charge in [-0.2, -0.15) is 0 Å². The maximum atomic E-state index is 12.8. The van der Waals surface area contributed by atoms with Crippen LogP contribution in [0.25, 0.3) is 0 Å². The predicted molar refractivity (Wildman–Crippen MR) is 93.8 cm³/mol. The van der Waals surface area contributed by atoms with Gasteiger partial charge in [0.2, 0.25) is 0 Å². The molecule has 0 bridgehead atoms. The molecule has 2 rings (SSSR count). The van der Waals surface area contributed by atoms with Crippen LogP contribution in [-0.4, -0.2) is 51.3 Å². The summed E-state index contributed by atoms with van der Waals surface area (Å²) in [6, 6.07) is 5.32. The molecule has 0 aromatic heterocycles. The lowest BCUT2D eigenvalue weighted by atomic mass is 10.0. The van der Waals surface area contributed by atoms with E-state index in [1.807, 2.05) is 4.90 Å². The maximum absolute atomic E-state index is 12.8. The van der Waals surface area contributed by atoms with Crippen molar-refractivity contribution in [3.8, 4) is 11.5 Å². The van der Waals surface area contributed by atoms with Gasteiger partial charge >= 0.3 is 0 Å². The Balaban J connectivity index is 2.07. The third-order valence-electron chi connectivity index (χ3n) is 4.30. The summed E-state index contributed by atoms with van der Waals surface area (Å²) in [6.07, 6.45) is 4.77. The van der Waals surface area contributed by atoms with Crippen LogP contribution in [0.4, 0.5) is 0 Å². The van der Waals surface area contributed by atoms with Crippen molar-refractivity contribution in [3.05, 3.63) is 36.4 Å². The summed E-state index contributed by atoms with van der Waals surface area (Å²) in [5.41, 5.74) is 0.628. The Kier molecular flexibility index (Phi) is 7.12. The highest BCUT2D eigenvalue weighted by Crippen LogP contribution is 2.29. The molecule has 132 valence electrons. The summed E-state index contributed by atoms with van der Waals surface area (Å²) in [5.74, 6) is 1.76. The van der Waals surface area contributed by atoms with Gasteiger partial charge in [-0.05, 0) is 43.4 Å². The van der Waals surface area contributed by atoms with E-state index in [4.69, 9.17) is 14.2 Å². The lowest BCUT2D eigenvalue weighted by Crippen LogP contribution is -2.32. The van der Waals surface area contributed by atoms with Crippen molar-refractivity contribution in [2.45, 2.75) is 19.3 Å². The van der Waals surface area contributed by atoms with Crippen LogP contribution in [0.2, 0.25) is 0 Å². The summed E-state index contributed by atoms with van der Waals surface area (Å²) in [6.45, 7) is 6.35. The number of carbonyl (C=O) groups excluding carboxylic acids is 1. The monoisotopic (exact) mass is 333 g/mol. The van der Waals surface area contributed by atoms with Gasteiger partial charge in [-0.1, -0.05) is 12.7 Å². The lowest BCUT2D eigenvalue weighted by Gasteiger charge is -2.21. The summed E-state index contributed by atoms with van der Waals surface area (Å²) in [4.78, 5) is 14.7. The summed E-state index contributed by atoms with van der Waals surface area (Å²) in [7, 11) is 3.31. The number of methoxy groups -OCH3 is 2. The van der Waals surface area contributed by atoms with E-state index in [-0.39, 0.29) is 5.91 Å². The molecule has 0 N–H and O–H groups in total. The molecule has 24 heavy (non-hydrogen) atoms. The van der Waals surface area contributed by atoms with E-state index in [1.165, 1.54) is 0 Å². The van der Waals surface area contributed by atoms with Crippen LogP contribution in [0.3, 0.4) is 0 Å². The highest BCUT2D eigenvalue weighted by atomic mass is 16.5. The van der Waals surface area contributed by atoms with Crippen LogP contribution in [0.5, 0.6) is 11.5 Å². The van der Waals surface area contributed by atoms with Crippen molar-refractivity contribution in [2.75, 3.05) is 40.5 Å². The number of likely N-dealkylation sites (tertiary alicyclic amines) is 1. The van der Waals surface area contributed by atoms with E-state index in [1.54, 1.807) is 38.5 Å². The molecule has 1 fully saturated rings. The molecule has 1 saturated heterocycles. The highest BCUT2D eigenvalue weighted by molar-refractivity contribution is 5.95. The molecule has 0 unspecified atom stereocenters. The van der Waals surface area contributed by atoms with Gasteiger partial charge in [0.25, 0.3) is 5.91 Å². The maximum Gasteiger partial charge on any atom is 0.253 e. The molecule has 1 aromatic carbocycles. The Labute approximate surface area is 144 Å². The number of ether oxygens (including phenoxy) is 3. The zero-order chi connectivity index (χ0) is 17.4. The Hall–Kier alpha value is -2.01. The molecule has 1 aromatic rings. The molecule has 0 spiro atoms. The molecular formula is C19H27NO4. The van der Waals surface area contributed by atoms with Gasteiger partial charge < -0.3 is 19.1 Å². The van der Waals surface area contributed by atoms with Gasteiger partial charge in [0.1, 0.15) is 6.61 Å². The predicted octanol–water partition coefficient (Wildman–Crippen LogP) is 3.15. The number of amides is 1. The topological polar surface area (TPSA) is 48.0 Å². The van der Waals surface area contributed by atoms with E-state index < -0.39 is 0 Å². The third kappa shape index (κ3) is 4.74. The Bertz CT molecular complexity index is 558. The first-order valence-corrected chi connectivity index (χ1v) is 8.39. The second-order valence-electron chi connectivity index (χ2n) is 6.01. The van der Waals surface area contributed by atoms with Crippen molar-refractivity contribution >= 4 is 5.91 Å². The molecule has 1 aliphatic rings. The normalized spacial score (nSPS) is 17.9. The molecular weight excluding hydrogens is 306 g/mol. The fraction of sp³-hybridized carbons (Fsp3) is 0.526. The zero-order valence-electron chi connectivity index (χ0n) is 14.6. The minimum atomic E-state index is 0.0432. The van der Waals surface area contributed by atoms with Gasteiger partial charge in [-0.3, -0.25) is 4.79 Å². The highest BCUT2D eigenvalue weighted by Gasteiger charge is 2.22. The molecule has 0 radical (unpaired) electrons. The molecule has 5 nitrogen and oxygen atoms in total. The summed E-state index contributed by atoms with van der Waals surface area (Å²) < 4.78 is 16.1. The van der Waals surface area contributed by atoms with Crippen molar-refractivity contribution in [2.24, 2.45) is 5.92 Å². The van der Waals surface area contributed by atoms with E-state index in [2.05, 4.69) is 6.58 Å². The van der Waals surface area contributed by atoms with Gasteiger partial charge in [0.15, 0.2) is 11.5 Å². The number of hydrogen-bond donors (Lipinski definition) is 0. The number of carbonyl (C=O) groups is 1. The van der Waals surface area contributed by atoms with E-state index in [9.17, 15) is 4.79 Å². The van der Waals surface area contributed by atoms with Crippen LogP contribution < -0.4 is 9.47 Å². The first kappa shape index (κ1) is 18.3. The van der Waals surface area contributed by atoms with Crippen LogP contribution in [0, 0.1) is 5.92 Å². The van der Waals surface area contributed by atoms with Gasteiger partial charge in [-0.15, -0.1) is 0 Å². The Morgan fingerprint density at radius 2 is 2.12 bits per heavy atom. The molecule has 1 heterocycles. The van der Waals surface area contributed by atoms with Crippen LogP contribution in [-0.2, 0) is 4.74 Å². The second kappa shape index (κ2) is 9.33. The average Bonchev–Trinajstić information content (AvgIpc) is 2.85. The first-order chi connectivity index (χ1) is 11.7. The summed E-state index contributed by atoms with van der Waals surface area (Å²) >= 11 is 0. The van der Waals surface area contributed by atoms with Crippen molar-refractivity contribution in [3.63, 3.8) is 0 Å². The van der Waals surface area contributed by atoms with Crippen LogP contribution in [0.15, 0.2) is 30.9 Å². The van der Waals surface area contributed by atoms with Crippen molar-refractivity contribution in [1.82, 2.24) is 4.90 Å². The quantitative estimate of drug-likeness (QED) is 0.719. The molecule has 0 aliphatic carbocycles. The van der Waals surface area contributed by atoms with Gasteiger partial charge in [0.05, 0.1) is 7.11 Å². The minimum absolute atomic E-state index is 0.0432. The van der Waals surface area contributed by atoms with Gasteiger partial charge in [0, 0.05) is 32.4 Å². The fourth-order valence-electron chi connectivity index (χ4n) is 3.02. The molecule has 0 saturated carbocycles. The largest absolute Gasteiger partial charge is 0.493 e. The number of rotatable bonds is 7. The average molecular weight is 333 g/mol. The molecule has 5 heteroatoms. The third-order valence-corrected chi connectivity index (χ3v) is 4.30. The second-order valence-corrected chi connectivity index (χ2v) is 6.01. The SMILES string of the molecule is C=CCOc1ccc(C(=O)N2CCC[C@@H](COC)CC2)cc1OC. The van der Waals surface area contributed by atoms with Gasteiger partial charge in [-0.25, -0.2) is 0 Å². The minimum Gasteiger partial charge on any atom is -0.493 e. The smallest absolute Gasteiger partial charge is 0.253 e. The molecule has 1 aliphatic heterocycles. The van der Waals surface area contributed by atoms with E-state index in [0.29, 0.717) is 29.6 Å². The number of benzene rings is 1. The summed E-state index contributed by atoms with van der Waals surface area (Å²) in [5, 5.41) is 0. The molecule has 1 atom stereocenters. The van der Waals surface area contributed by atoms with Crippen molar-refractivity contribution < 1.29 is 19.0 Å². The van der Waals surface area contributed by atoms with E-state index >= 15 is 0 Å². The fourth-order valence-corrected chi connectivity index (χ4v) is 3.02. The number of hydrogen-bond acceptors (Lipinski definition) is 4. The Morgan fingerprint density at radius 3 is 2.83 bits per heavy atom. The van der Waals surface area contributed by atoms with E-state index in [0.717, 1.165) is 39.0 Å². The van der Waals surface area contributed by atoms with Crippen LogP contribution >= 0.6 is 0 Å². The lowest BCUT2D eigenvalue weighted by molar-refractivity contribution is 0.0755. The van der Waals surface area contributed by atoms with Crippen LogP contribution in [0.1, 0.15) is 29.6 Å². The number of nitrogens with zero attached hydrogens (tertiary/aromatic N) is 1. The zero-order valence-corrected chi connectivity index (χ0v) is 14.6. The first-order valence-electron chi connectivity index (χ1n) is 8.39. The molecule has 1 amide bonds. The standard InChI is InChI=1S/C19H27NO4/c1-4-12-24-17-8-7-16(13-18(17)23-3)19(21)20-10-5-6-15(9-11-20)14-22-2/h4,7-8,13,15H,1,5-6,9-12,14H2,2-3H3/t15-/m1/s1. The van der Waals surface area contributed by atoms with Crippen molar-refractivity contribution in [1.29, 1.82) is 0 Å².